The lowest BCUT2D eigenvalue weighted by Gasteiger charge is -2.26. The number of furan rings is 1. The predicted molar refractivity (Wildman–Crippen MR) is 220 cm³/mol. The van der Waals surface area contributed by atoms with Crippen molar-refractivity contribution < 1.29 is 34.6 Å². The molecule has 0 bridgehead atoms. The van der Waals surface area contributed by atoms with Crippen LogP contribution >= 0.6 is 0 Å². The van der Waals surface area contributed by atoms with Gasteiger partial charge in [-0.1, -0.05) is 151 Å². The van der Waals surface area contributed by atoms with Crippen molar-refractivity contribution in [3.8, 4) is 33.4 Å². The molecule has 0 saturated carbocycles. The molecule has 0 unspecified atom stereocenters. The largest absolute Gasteiger partial charge is 0.456 e. The minimum atomic E-state index is -0.930. The van der Waals surface area contributed by atoms with E-state index in [9.17, 15) is 11.0 Å². The summed E-state index contributed by atoms with van der Waals surface area (Å²) >= 11 is 0. The Hall–Kier alpha value is -6.90. The van der Waals surface area contributed by atoms with Crippen LogP contribution in [0.5, 0.6) is 0 Å². The molecule has 0 radical (unpaired) electrons. The summed E-state index contributed by atoms with van der Waals surface area (Å²) in [5.41, 5.74) is -1.89. The van der Waals surface area contributed by atoms with E-state index in [1.807, 2.05) is 12.1 Å². The Kier molecular flexibility index (Phi) is 3.63. The molecule has 0 spiro atoms. The van der Waals surface area contributed by atoms with Crippen molar-refractivity contribution in [3.63, 3.8) is 0 Å². The number of rotatable bonds is 6. The van der Waals surface area contributed by atoms with E-state index < -0.39 is 188 Å². The fourth-order valence-corrected chi connectivity index (χ4v) is 6.28. The van der Waals surface area contributed by atoms with E-state index in [-0.39, 0.29) is 5.69 Å². The van der Waals surface area contributed by atoms with Crippen LogP contribution < -0.4 is 4.90 Å². The number of hydrogen-bond acceptors (Lipinski definition) is 2. The van der Waals surface area contributed by atoms with Gasteiger partial charge >= 0.3 is 0 Å². The van der Waals surface area contributed by atoms with Crippen LogP contribution in [0, 0.1) is 0 Å². The predicted octanol–water partition coefficient (Wildman–Crippen LogP) is 14.4. The van der Waals surface area contributed by atoms with E-state index in [1.165, 1.54) is 12.1 Å². The van der Waals surface area contributed by atoms with Gasteiger partial charge in [0.05, 0.1) is 30.2 Å². The van der Waals surface area contributed by atoms with Crippen molar-refractivity contribution in [2.24, 2.45) is 0 Å². The van der Waals surface area contributed by atoms with Crippen molar-refractivity contribution in [2.75, 3.05) is 4.90 Å². The Bertz CT molecular complexity index is 3930. The molecule has 0 atom stereocenters. The zero-order valence-electron chi connectivity index (χ0n) is 48.7. The second-order valence-corrected chi connectivity index (χ2v) is 11.6. The van der Waals surface area contributed by atoms with Gasteiger partial charge in [0.2, 0.25) is 0 Å². The molecule has 0 saturated heterocycles. The Morgan fingerprint density at radius 3 is 1.60 bits per heavy atom. The highest BCUT2D eigenvalue weighted by Gasteiger charge is 2.17. The zero-order chi connectivity index (χ0) is 53.6. The van der Waals surface area contributed by atoms with Gasteiger partial charge in [-0.05, 0) is 103 Å². The second-order valence-electron chi connectivity index (χ2n) is 11.6. The molecular weight excluding hydrogens is 631 g/mol. The van der Waals surface area contributed by atoms with Crippen molar-refractivity contribution >= 4 is 60.5 Å². The summed E-state index contributed by atoms with van der Waals surface area (Å²) in [5, 5.41) is -0.629. The molecule has 0 aliphatic heterocycles. The molecule has 0 aliphatic rings. The fourth-order valence-electron chi connectivity index (χ4n) is 6.28. The Morgan fingerprint density at radius 2 is 0.942 bits per heavy atom. The Morgan fingerprint density at radius 1 is 0.385 bits per heavy atom. The average molecular weight is 686 g/mol. The lowest BCUT2D eigenvalue weighted by molar-refractivity contribution is 0.669. The summed E-state index contributed by atoms with van der Waals surface area (Å²) in [4.78, 5) is 0.954. The third kappa shape index (κ3) is 5.12. The molecule has 0 N–H and O–H groups in total. The van der Waals surface area contributed by atoms with E-state index >= 15 is 0 Å². The fraction of sp³-hybridized carbons (Fsp3) is 0. The molecule has 9 aromatic carbocycles. The monoisotopic (exact) mass is 685 g/mol. The minimum absolute atomic E-state index is 0.0603. The standard InChI is InChI=1S/C50H33NO/c1-3-17-42-34(11-1)13-8-20-44(42)36-25-29-39(30-26-36)51(40-31-27-37(28-32-40)45-21-9-14-35-12-2-4-18-43(35)45)41-16-7-15-38(33-41)46-22-10-24-49-50(46)47-19-5-6-23-48(47)52-49/h1-33H/i1D,2D,3D,4D,8D,9D,11D,12D,13D,14D,17D,18D,20D,21D,25D,26D,27D,28D,29D,30D,31D,32D. The van der Waals surface area contributed by atoms with Crippen LogP contribution in [0.3, 0.4) is 0 Å². The first-order valence-corrected chi connectivity index (χ1v) is 16.0. The van der Waals surface area contributed by atoms with Crippen molar-refractivity contribution in [2.45, 2.75) is 0 Å². The summed E-state index contributed by atoms with van der Waals surface area (Å²) in [6, 6.07) is 0.359. The molecular formula is C50H33NO. The first-order chi connectivity index (χ1) is 35.0. The number of fused-ring (bicyclic) bond motifs is 5. The second kappa shape index (κ2) is 12.5. The van der Waals surface area contributed by atoms with E-state index in [0.29, 0.717) is 27.7 Å². The summed E-state index contributed by atoms with van der Waals surface area (Å²) < 4.78 is 204. The normalized spacial score (nSPS) is 17.4. The molecule has 10 aromatic rings. The van der Waals surface area contributed by atoms with Crippen LogP contribution in [0.4, 0.5) is 17.1 Å². The molecule has 0 aliphatic carbocycles. The van der Waals surface area contributed by atoms with Gasteiger partial charge in [-0.15, -0.1) is 0 Å². The Labute approximate surface area is 333 Å². The van der Waals surface area contributed by atoms with Crippen LogP contribution in [0.1, 0.15) is 30.2 Å². The summed E-state index contributed by atoms with van der Waals surface area (Å²) in [6.07, 6.45) is 0. The average Bonchev–Trinajstić information content (AvgIpc) is 3.78. The SMILES string of the molecule is [2H]c1c([2H])c(N(c2cccc(-c3cccc4oc5ccccc5c34)c2)c2c([2H])c([2H])c(-c3c([2H])c([2H])c([2H])c4c([2H])c([2H])c([2H])c([2H])c34)c([2H])c2[2H])c([2H])c([2H])c1-c1c([2H])c([2H])c([2H])c2c([2H])c([2H])c([2H])c([2H])c12. The van der Waals surface area contributed by atoms with Crippen LogP contribution in [0.2, 0.25) is 0 Å². The molecule has 1 heterocycles. The lowest BCUT2D eigenvalue weighted by atomic mass is 9.97. The van der Waals surface area contributed by atoms with Crippen LogP contribution in [-0.4, -0.2) is 0 Å². The molecule has 52 heavy (non-hydrogen) atoms. The first-order valence-electron chi connectivity index (χ1n) is 27.0. The molecule has 2 nitrogen and oxygen atoms in total. The first kappa shape index (κ1) is 15.1. The van der Waals surface area contributed by atoms with Gasteiger partial charge in [-0.3, -0.25) is 0 Å². The maximum atomic E-state index is 9.67. The molecule has 1 aromatic heterocycles. The van der Waals surface area contributed by atoms with Gasteiger partial charge in [0.25, 0.3) is 0 Å². The van der Waals surface area contributed by atoms with Gasteiger partial charge in [-0.2, -0.15) is 0 Å². The van der Waals surface area contributed by atoms with Crippen molar-refractivity contribution in [3.05, 3.63) is 200 Å². The third-order valence-corrected chi connectivity index (χ3v) is 8.61. The highest BCUT2D eigenvalue weighted by Crippen LogP contribution is 2.42. The molecule has 0 fully saturated rings. The smallest absolute Gasteiger partial charge is 0.136 e. The molecule has 244 valence electrons. The number of nitrogens with zero attached hydrogens (tertiary/aromatic N) is 1. The molecule has 2 heteroatoms. The van der Waals surface area contributed by atoms with Crippen LogP contribution in [0.15, 0.2) is 204 Å². The molecule has 10 rings (SSSR count). The van der Waals surface area contributed by atoms with Crippen molar-refractivity contribution in [1.29, 1.82) is 0 Å². The summed E-state index contributed by atoms with van der Waals surface area (Å²) in [6.45, 7) is 0. The molecule has 0 amide bonds. The number of benzene rings is 9. The van der Waals surface area contributed by atoms with E-state index in [2.05, 4.69) is 0 Å². The maximum absolute atomic E-state index is 9.67. The lowest BCUT2D eigenvalue weighted by Crippen LogP contribution is -2.10. The Balaban J connectivity index is 1.32. The third-order valence-electron chi connectivity index (χ3n) is 8.61. The number of hydrogen-bond donors (Lipinski definition) is 0. The zero-order valence-corrected chi connectivity index (χ0v) is 26.7. The van der Waals surface area contributed by atoms with Crippen LogP contribution in [-0.2, 0) is 0 Å². The van der Waals surface area contributed by atoms with Gasteiger partial charge in [0.15, 0.2) is 0 Å². The van der Waals surface area contributed by atoms with E-state index in [4.69, 9.17) is 23.6 Å². The number of para-hydroxylation sites is 1. The van der Waals surface area contributed by atoms with Crippen molar-refractivity contribution in [1.82, 2.24) is 0 Å². The maximum Gasteiger partial charge on any atom is 0.136 e. The summed E-state index contributed by atoms with van der Waals surface area (Å²) in [7, 11) is 0. The highest BCUT2D eigenvalue weighted by molar-refractivity contribution is 6.12. The minimum Gasteiger partial charge on any atom is -0.456 e. The van der Waals surface area contributed by atoms with E-state index in [0.717, 1.165) is 10.3 Å². The van der Waals surface area contributed by atoms with E-state index in [1.54, 1.807) is 42.5 Å². The number of anilines is 3. The van der Waals surface area contributed by atoms with Gasteiger partial charge in [0, 0.05) is 27.8 Å². The summed E-state index contributed by atoms with van der Waals surface area (Å²) in [5.74, 6) is 0. The highest BCUT2D eigenvalue weighted by atomic mass is 16.3. The topological polar surface area (TPSA) is 16.4 Å². The van der Waals surface area contributed by atoms with Crippen LogP contribution in [0.25, 0.3) is 76.9 Å². The van der Waals surface area contributed by atoms with Gasteiger partial charge < -0.3 is 9.32 Å². The van der Waals surface area contributed by atoms with Gasteiger partial charge in [-0.25, -0.2) is 0 Å². The quantitative estimate of drug-likeness (QED) is 0.173. The van der Waals surface area contributed by atoms with Gasteiger partial charge in [0.1, 0.15) is 11.2 Å².